The lowest BCUT2D eigenvalue weighted by atomic mass is 9.87. The van der Waals surface area contributed by atoms with E-state index in [9.17, 15) is 4.79 Å². The first-order chi connectivity index (χ1) is 7.22. The number of carbonyl (C=O) groups excluding carboxylic acids is 1. The molecule has 1 aliphatic rings. The lowest BCUT2D eigenvalue weighted by Crippen LogP contribution is -2.43. The molecule has 2 amide bonds. The number of urea groups is 1. The van der Waals surface area contributed by atoms with Crippen LogP contribution in [0, 0.1) is 5.92 Å². The molecule has 1 rings (SSSR count). The fourth-order valence-electron chi connectivity index (χ4n) is 1.92. The van der Waals surface area contributed by atoms with Crippen LogP contribution in [0.1, 0.15) is 39.0 Å². The normalized spacial score (nSPS) is 26.0. The highest BCUT2D eigenvalue weighted by molar-refractivity contribution is 5.74. The Kier molecular flexibility index (Phi) is 5.47. The number of aliphatic hydroxyl groups is 1. The summed E-state index contributed by atoms with van der Waals surface area (Å²) in [6.45, 7) is 2.93. The maximum absolute atomic E-state index is 11.4. The Morgan fingerprint density at radius 3 is 2.60 bits per heavy atom. The second-order valence-corrected chi connectivity index (χ2v) is 4.43. The summed E-state index contributed by atoms with van der Waals surface area (Å²) in [7, 11) is 0. The third-order valence-electron chi connectivity index (χ3n) is 2.97. The first-order valence-corrected chi connectivity index (χ1v) is 5.87. The summed E-state index contributed by atoms with van der Waals surface area (Å²) in [5.74, 6) is 0.806. The van der Waals surface area contributed by atoms with Gasteiger partial charge in [-0.1, -0.05) is 6.92 Å². The van der Waals surface area contributed by atoms with Gasteiger partial charge in [0.1, 0.15) is 0 Å². The van der Waals surface area contributed by atoms with Crippen molar-refractivity contribution in [1.82, 2.24) is 10.6 Å². The van der Waals surface area contributed by atoms with Gasteiger partial charge in [-0.15, -0.1) is 0 Å². The Morgan fingerprint density at radius 1 is 1.33 bits per heavy atom. The first kappa shape index (κ1) is 12.3. The quantitative estimate of drug-likeness (QED) is 0.617. The number of hydrogen-bond donors (Lipinski definition) is 3. The second-order valence-electron chi connectivity index (χ2n) is 4.43. The van der Waals surface area contributed by atoms with Crippen molar-refractivity contribution < 1.29 is 9.90 Å². The maximum atomic E-state index is 11.4. The molecule has 3 N–H and O–H groups in total. The van der Waals surface area contributed by atoms with Crippen LogP contribution in [0.4, 0.5) is 4.79 Å². The van der Waals surface area contributed by atoms with Gasteiger partial charge in [0.25, 0.3) is 0 Å². The van der Waals surface area contributed by atoms with Gasteiger partial charge in [0.2, 0.25) is 0 Å². The van der Waals surface area contributed by atoms with E-state index in [1.165, 1.54) is 12.8 Å². The van der Waals surface area contributed by atoms with Crippen molar-refractivity contribution in [3.05, 3.63) is 0 Å². The van der Waals surface area contributed by atoms with Crippen molar-refractivity contribution in [2.75, 3.05) is 13.2 Å². The Hall–Kier alpha value is -0.770. The molecule has 1 fully saturated rings. The third-order valence-corrected chi connectivity index (χ3v) is 2.97. The summed E-state index contributed by atoms with van der Waals surface area (Å²) in [5.41, 5.74) is 0. The van der Waals surface area contributed by atoms with E-state index in [1.54, 1.807) is 0 Å². The van der Waals surface area contributed by atoms with Crippen LogP contribution in [0.25, 0.3) is 0 Å². The molecule has 0 aromatic carbocycles. The summed E-state index contributed by atoms with van der Waals surface area (Å²) < 4.78 is 0. The monoisotopic (exact) mass is 214 g/mol. The predicted molar refractivity (Wildman–Crippen MR) is 59.7 cm³/mol. The van der Waals surface area contributed by atoms with E-state index in [-0.39, 0.29) is 12.6 Å². The topological polar surface area (TPSA) is 61.4 Å². The Balaban J connectivity index is 2.09. The van der Waals surface area contributed by atoms with Gasteiger partial charge in [0.05, 0.1) is 0 Å². The summed E-state index contributed by atoms with van der Waals surface area (Å²) >= 11 is 0. The van der Waals surface area contributed by atoms with E-state index in [0.29, 0.717) is 19.0 Å². The van der Waals surface area contributed by atoms with Crippen molar-refractivity contribution in [2.45, 2.75) is 45.1 Å². The zero-order valence-corrected chi connectivity index (χ0v) is 9.46. The van der Waals surface area contributed by atoms with Gasteiger partial charge < -0.3 is 15.7 Å². The Labute approximate surface area is 91.4 Å². The van der Waals surface area contributed by atoms with Gasteiger partial charge in [-0.25, -0.2) is 4.79 Å². The fraction of sp³-hybridized carbons (Fsp3) is 0.909. The molecule has 0 unspecified atom stereocenters. The Bertz CT molecular complexity index is 189. The van der Waals surface area contributed by atoms with Gasteiger partial charge in [-0.05, 0) is 38.0 Å². The maximum Gasteiger partial charge on any atom is 0.315 e. The van der Waals surface area contributed by atoms with Crippen molar-refractivity contribution in [3.63, 3.8) is 0 Å². The number of nitrogens with one attached hydrogen (secondary N) is 2. The SMILES string of the molecule is CC1CCC(NC(=O)NCCCO)CC1. The largest absolute Gasteiger partial charge is 0.396 e. The molecule has 0 aromatic heterocycles. The lowest BCUT2D eigenvalue weighted by molar-refractivity contribution is 0.226. The molecule has 1 saturated carbocycles. The highest BCUT2D eigenvalue weighted by Crippen LogP contribution is 2.23. The van der Waals surface area contributed by atoms with Gasteiger partial charge in [0.15, 0.2) is 0 Å². The molecule has 0 aliphatic heterocycles. The molecule has 0 bridgehead atoms. The number of carbonyl (C=O) groups is 1. The Morgan fingerprint density at radius 2 is 2.00 bits per heavy atom. The first-order valence-electron chi connectivity index (χ1n) is 5.87. The molecule has 88 valence electrons. The zero-order chi connectivity index (χ0) is 11.1. The molecule has 0 saturated heterocycles. The average Bonchev–Trinajstić information content (AvgIpc) is 2.22. The minimum absolute atomic E-state index is 0.0944. The molecule has 1 aliphatic carbocycles. The van der Waals surface area contributed by atoms with Gasteiger partial charge >= 0.3 is 6.03 Å². The second kappa shape index (κ2) is 6.67. The molecule has 0 spiro atoms. The van der Waals surface area contributed by atoms with E-state index in [2.05, 4.69) is 17.6 Å². The number of aliphatic hydroxyl groups excluding tert-OH is 1. The molecule has 0 radical (unpaired) electrons. The van der Waals surface area contributed by atoms with Crippen molar-refractivity contribution in [3.8, 4) is 0 Å². The molecule has 0 atom stereocenters. The van der Waals surface area contributed by atoms with E-state index in [4.69, 9.17) is 5.11 Å². The molecule has 15 heavy (non-hydrogen) atoms. The highest BCUT2D eigenvalue weighted by atomic mass is 16.3. The van der Waals surface area contributed by atoms with E-state index < -0.39 is 0 Å². The summed E-state index contributed by atoms with van der Waals surface area (Å²) in [6.07, 6.45) is 5.22. The molecular weight excluding hydrogens is 192 g/mol. The van der Waals surface area contributed by atoms with Crippen LogP contribution in [0.3, 0.4) is 0 Å². The molecule has 4 heteroatoms. The van der Waals surface area contributed by atoms with Crippen LogP contribution < -0.4 is 10.6 Å². The smallest absolute Gasteiger partial charge is 0.315 e. The van der Waals surface area contributed by atoms with Gasteiger partial charge in [-0.2, -0.15) is 0 Å². The zero-order valence-electron chi connectivity index (χ0n) is 9.46. The van der Waals surface area contributed by atoms with Crippen LogP contribution in [0.2, 0.25) is 0 Å². The van der Waals surface area contributed by atoms with Crippen molar-refractivity contribution >= 4 is 6.03 Å². The predicted octanol–water partition coefficient (Wildman–Crippen LogP) is 1.25. The van der Waals surface area contributed by atoms with Gasteiger partial charge in [0, 0.05) is 19.2 Å². The molecule has 4 nitrogen and oxygen atoms in total. The fourth-order valence-corrected chi connectivity index (χ4v) is 1.92. The molecule has 0 heterocycles. The van der Waals surface area contributed by atoms with Crippen LogP contribution in [-0.4, -0.2) is 30.3 Å². The van der Waals surface area contributed by atoms with Gasteiger partial charge in [-0.3, -0.25) is 0 Å². The average molecular weight is 214 g/mol. The van der Waals surface area contributed by atoms with E-state index in [1.807, 2.05) is 0 Å². The van der Waals surface area contributed by atoms with Crippen LogP contribution >= 0.6 is 0 Å². The van der Waals surface area contributed by atoms with E-state index in [0.717, 1.165) is 18.8 Å². The van der Waals surface area contributed by atoms with Crippen molar-refractivity contribution in [2.24, 2.45) is 5.92 Å². The minimum Gasteiger partial charge on any atom is -0.396 e. The van der Waals surface area contributed by atoms with Crippen molar-refractivity contribution in [1.29, 1.82) is 0 Å². The molecule has 0 aromatic rings. The number of hydrogen-bond acceptors (Lipinski definition) is 2. The third kappa shape index (κ3) is 5.02. The summed E-state index contributed by atoms with van der Waals surface area (Å²) in [4.78, 5) is 11.4. The highest BCUT2D eigenvalue weighted by Gasteiger charge is 2.19. The number of amides is 2. The van der Waals surface area contributed by atoms with Crippen LogP contribution in [-0.2, 0) is 0 Å². The van der Waals surface area contributed by atoms with E-state index >= 15 is 0 Å². The molecular formula is C11H22N2O2. The standard InChI is InChI=1S/C11H22N2O2/c1-9-3-5-10(6-4-9)13-11(15)12-7-2-8-14/h9-10,14H,2-8H2,1H3,(H2,12,13,15). The van der Waals surface area contributed by atoms with Crippen LogP contribution in [0.15, 0.2) is 0 Å². The van der Waals surface area contributed by atoms with Crippen LogP contribution in [0.5, 0.6) is 0 Å². The summed E-state index contributed by atoms with van der Waals surface area (Å²) in [5, 5.41) is 14.3. The number of rotatable bonds is 4. The summed E-state index contributed by atoms with van der Waals surface area (Å²) in [6, 6.07) is 0.248. The minimum atomic E-state index is -0.0944. The lowest BCUT2D eigenvalue weighted by Gasteiger charge is -2.26.